The number of rotatable bonds is 2. The molecule has 0 radical (unpaired) electrons. The molecule has 0 aliphatic heterocycles. The molecule has 2 rings (SSSR count). The maximum Gasteiger partial charge on any atom is 0.181 e. The van der Waals surface area contributed by atoms with Gasteiger partial charge in [-0.1, -0.05) is 25.2 Å². The molecular formula is C10H15IN4S2. The molecule has 0 unspecified atom stereocenters. The molecule has 0 aliphatic carbocycles. The molecule has 0 bridgehead atoms. The van der Waals surface area contributed by atoms with E-state index in [1.807, 2.05) is 5.38 Å². The fraction of sp³-hybridized carbons (Fsp3) is 0.400. The fourth-order valence-corrected chi connectivity index (χ4v) is 3.53. The average Bonchev–Trinajstić information content (AvgIpc) is 2.85. The third-order valence-electron chi connectivity index (χ3n) is 1.93. The highest BCUT2D eigenvalue weighted by atomic mass is 127. The van der Waals surface area contributed by atoms with Gasteiger partial charge in [-0.3, -0.25) is 0 Å². The van der Waals surface area contributed by atoms with Crippen LogP contribution in [-0.2, 0) is 12.8 Å². The zero-order valence-electron chi connectivity index (χ0n) is 9.74. The summed E-state index contributed by atoms with van der Waals surface area (Å²) >= 11 is 5.30. The maximum atomic E-state index is 5.46. The van der Waals surface area contributed by atoms with E-state index in [4.69, 9.17) is 11.5 Å². The monoisotopic (exact) mass is 382 g/mol. The lowest BCUT2D eigenvalue weighted by molar-refractivity contribution is 1.06. The van der Waals surface area contributed by atoms with Crippen molar-refractivity contribution in [1.29, 1.82) is 0 Å². The van der Waals surface area contributed by atoms with Crippen molar-refractivity contribution in [3.8, 4) is 0 Å². The minimum Gasteiger partial charge on any atom is -0.375 e. The summed E-state index contributed by atoms with van der Waals surface area (Å²) in [5.41, 5.74) is 13.0. The summed E-state index contributed by atoms with van der Waals surface area (Å²) < 4.78 is 1.22. The third kappa shape index (κ3) is 4.76. The minimum absolute atomic E-state index is 0.668. The Hall–Kier alpha value is -0.410. The summed E-state index contributed by atoms with van der Waals surface area (Å²) in [5.74, 6) is 0. The Morgan fingerprint density at radius 3 is 2.12 bits per heavy atom. The highest BCUT2D eigenvalue weighted by molar-refractivity contribution is 14.1. The number of hydrogen-bond donors (Lipinski definition) is 2. The first-order valence-corrected chi connectivity index (χ1v) is 7.94. The van der Waals surface area contributed by atoms with Crippen LogP contribution in [0.2, 0.25) is 0 Å². The molecule has 4 N–H and O–H groups in total. The number of aromatic nitrogens is 2. The Morgan fingerprint density at radius 2 is 1.88 bits per heavy atom. The van der Waals surface area contributed by atoms with Crippen molar-refractivity contribution in [2.45, 2.75) is 26.7 Å². The topological polar surface area (TPSA) is 77.8 Å². The lowest BCUT2D eigenvalue weighted by atomic mass is 10.4. The fourth-order valence-electron chi connectivity index (χ4n) is 1.05. The van der Waals surface area contributed by atoms with E-state index in [0.717, 1.165) is 24.2 Å². The van der Waals surface area contributed by atoms with Gasteiger partial charge in [-0.15, -0.1) is 11.3 Å². The molecule has 0 atom stereocenters. The number of nitrogens with zero attached hydrogens (tertiary/aromatic N) is 2. The van der Waals surface area contributed by atoms with Crippen LogP contribution in [0.25, 0.3) is 0 Å². The summed E-state index contributed by atoms with van der Waals surface area (Å²) in [6, 6.07) is 0. The van der Waals surface area contributed by atoms with Gasteiger partial charge >= 0.3 is 0 Å². The Labute approximate surface area is 123 Å². The van der Waals surface area contributed by atoms with E-state index in [2.05, 4.69) is 46.4 Å². The number of aryl methyl sites for hydroxylation is 2. The van der Waals surface area contributed by atoms with Gasteiger partial charge in [0.1, 0.15) is 0 Å². The van der Waals surface area contributed by atoms with Gasteiger partial charge in [0, 0.05) is 5.38 Å². The molecule has 0 fully saturated rings. The molecule has 0 amide bonds. The largest absolute Gasteiger partial charge is 0.375 e. The second kappa shape index (κ2) is 7.12. The number of halogens is 1. The van der Waals surface area contributed by atoms with E-state index in [1.54, 1.807) is 11.3 Å². The highest BCUT2D eigenvalue weighted by Gasteiger charge is 2.02. The van der Waals surface area contributed by atoms with Crippen molar-refractivity contribution >= 4 is 55.5 Å². The Kier molecular flexibility index (Phi) is 6.14. The Balaban J connectivity index is 0.000000171. The van der Waals surface area contributed by atoms with Gasteiger partial charge in [-0.2, -0.15) is 0 Å². The van der Waals surface area contributed by atoms with E-state index in [9.17, 15) is 0 Å². The first-order valence-electron chi connectivity index (χ1n) is 5.17. The van der Waals surface area contributed by atoms with E-state index in [0.29, 0.717) is 10.3 Å². The Morgan fingerprint density at radius 1 is 1.18 bits per heavy atom. The van der Waals surface area contributed by atoms with Crippen LogP contribution in [0, 0.1) is 2.88 Å². The molecule has 0 spiro atoms. The molecule has 2 aromatic rings. The molecule has 2 aromatic heterocycles. The summed E-state index contributed by atoms with van der Waals surface area (Å²) in [7, 11) is 0. The molecule has 0 aliphatic rings. The zero-order valence-corrected chi connectivity index (χ0v) is 13.5. The number of thiazole rings is 2. The molecule has 0 saturated carbocycles. The molecule has 0 saturated heterocycles. The van der Waals surface area contributed by atoms with Crippen LogP contribution in [0.4, 0.5) is 10.3 Å². The van der Waals surface area contributed by atoms with Crippen LogP contribution < -0.4 is 11.5 Å². The van der Waals surface area contributed by atoms with Crippen LogP contribution in [0.1, 0.15) is 25.2 Å². The predicted octanol–water partition coefficient (Wildman–Crippen LogP) is 3.18. The van der Waals surface area contributed by atoms with Gasteiger partial charge in [0.2, 0.25) is 0 Å². The number of nitrogen functional groups attached to an aromatic ring is 2. The average molecular weight is 382 g/mol. The molecule has 17 heavy (non-hydrogen) atoms. The molecule has 2 heterocycles. The highest BCUT2D eigenvalue weighted by Crippen LogP contribution is 2.22. The smallest absolute Gasteiger partial charge is 0.181 e. The van der Waals surface area contributed by atoms with Crippen LogP contribution >= 0.6 is 45.3 Å². The van der Waals surface area contributed by atoms with Gasteiger partial charge in [-0.25, -0.2) is 9.97 Å². The van der Waals surface area contributed by atoms with Crippen LogP contribution in [0.5, 0.6) is 0 Å². The quantitative estimate of drug-likeness (QED) is 0.783. The molecule has 4 nitrogen and oxygen atoms in total. The van der Waals surface area contributed by atoms with Crippen molar-refractivity contribution in [2.75, 3.05) is 11.5 Å². The summed E-state index contributed by atoms with van der Waals surface area (Å²) in [6.45, 7) is 4.14. The van der Waals surface area contributed by atoms with Gasteiger partial charge in [0.25, 0.3) is 0 Å². The third-order valence-corrected chi connectivity index (χ3v) is 4.65. The zero-order chi connectivity index (χ0) is 12.8. The van der Waals surface area contributed by atoms with Crippen LogP contribution in [-0.4, -0.2) is 9.97 Å². The van der Waals surface area contributed by atoms with Crippen LogP contribution in [0.15, 0.2) is 5.38 Å². The predicted molar refractivity (Wildman–Crippen MR) is 84.5 cm³/mol. The summed E-state index contributed by atoms with van der Waals surface area (Å²) in [5, 5.41) is 3.33. The van der Waals surface area contributed by atoms with Crippen molar-refractivity contribution in [3.63, 3.8) is 0 Å². The van der Waals surface area contributed by atoms with Gasteiger partial charge in [0.15, 0.2) is 10.3 Å². The molecule has 0 aromatic carbocycles. The SMILES string of the molecule is CCc1csc(N)n1.CCc1nc(N)sc1I. The minimum atomic E-state index is 0.668. The normalized spacial score (nSPS) is 9.82. The lowest BCUT2D eigenvalue weighted by Gasteiger charge is -1.84. The summed E-state index contributed by atoms with van der Waals surface area (Å²) in [4.78, 5) is 8.14. The van der Waals surface area contributed by atoms with E-state index >= 15 is 0 Å². The number of hydrogen-bond acceptors (Lipinski definition) is 6. The Bertz CT molecular complexity index is 467. The number of nitrogens with two attached hydrogens (primary N) is 2. The van der Waals surface area contributed by atoms with Gasteiger partial charge < -0.3 is 11.5 Å². The first kappa shape index (κ1) is 14.7. The summed E-state index contributed by atoms with van der Waals surface area (Å²) in [6.07, 6.45) is 1.96. The first-order chi connectivity index (χ1) is 8.06. The van der Waals surface area contributed by atoms with Gasteiger partial charge in [0.05, 0.1) is 14.3 Å². The van der Waals surface area contributed by atoms with Crippen molar-refractivity contribution < 1.29 is 0 Å². The maximum absolute atomic E-state index is 5.46. The molecule has 7 heteroatoms. The van der Waals surface area contributed by atoms with Crippen molar-refractivity contribution in [1.82, 2.24) is 9.97 Å². The number of anilines is 2. The lowest BCUT2D eigenvalue weighted by Crippen LogP contribution is -1.84. The van der Waals surface area contributed by atoms with Gasteiger partial charge in [-0.05, 0) is 35.4 Å². The molecular weight excluding hydrogens is 367 g/mol. The van der Waals surface area contributed by atoms with Crippen molar-refractivity contribution in [3.05, 3.63) is 19.7 Å². The molecule has 94 valence electrons. The van der Waals surface area contributed by atoms with E-state index < -0.39 is 0 Å². The standard InChI is InChI=1S/C5H7IN2S.C5H8N2S/c1-2-3-4(6)9-5(7)8-3;1-2-4-3-8-5(6)7-4/h2H2,1H3,(H2,7,8);3H,2H2,1H3,(H2,6,7). The van der Waals surface area contributed by atoms with E-state index in [-0.39, 0.29) is 0 Å². The second-order valence-corrected chi connectivity index (χ2v) is 6.89. The second-order valence-electron chi connectivity index (χ2n) is 3.16. The van der Waals surface area contributed by atoms with E-state index in [1.165, 1.54) is 14.2 Å². The van der Waals surface area contributed by atoms with Crippen LogP contribution in [0.3, 0.4) is 0 Å². The van der Waals surface area contributed by atoms with Crippen molar-refractivity contribution in [2.24, 2.45) is 0 Å².